The molecule has 27 heavy (non-hydrogen) atoms. The maximum absolute atomic E-state index is 13.1. The topological polar surface area (TPSA) is 46.9 Å². The number of nitrogens with zero attached hydrogens (tertiary/aromatic N) is 2. The molecule has 142 valence electrons. The molecule has 0 bridgehead atoms. The number of quaternary nitrogens is 1. The molecule has 0 aliphatic carbocycles. The van der Waals surface area contributed by atoms with E-state index >= 15 is 0 Å². The molecule has 0 fully saturated rings. The van der Waals surface area contributed by atoms with Crippen molar-refractivity contribution in [2.24, 2.45) is 0 Å². The van der Waals surface area contributed by atoms with Gasteiger partial charge in [-0.1, -0.05) is 22.9 Å². The molecule has 2 aromatic carbocycles. The lowest BCUT2D eigenvalue weighted by molar-refractivity contribution is -0.856. The maximum atomic E-state index is 13.1. The molecule has 0 unspecified atom stereocenters. The van der Waals surface area contributed by atoms with Gasteiger partial charge in [0.1, 0.15) is 5.75 Å². The number of rotatable bonds is 7. The number of hydrogen-bond donors (Lipinski definition) is 1. The van der Waals surface area contributed by atoms with E-state index in [1.165, 1.54) is 16.2 Å². The van der Waals surface area contributed by atoms with Crippen molar-refractivity contribution in [1.29, 1.82) is 0 Å². The van der Waals surface area contributed by atoms with Crippen molar-refractivity contribution < 1.29 is 14.4 Å². The summed E-state index contributed by atoms with van der Waals surface area (Å²) in [5.74, 6) is 0.741. The Morgan fingerprint density at radius 2 is 1.96 bits per heavy atom. The molecule has 0 saturated carbocycles. The van der Waals surface area contributed by atoms with Crippen molar-refractivity contribution in [3.63, 3.8) is 0 Å². The van der Waals surface area contributed by atoms with Crippen molar-refractivity contribution in [3.8, 4) is 5.75 Å². The molecule has 0 radical (unpaired) electrons. The minimum absolute atomic E-state index is 0.0722. The third kappa shape index (κ3) is 4.77. The molecular formula is C20H23ClN3O2S+. The van der Waals surface area contributed by atoms with Crippen LogP contribution in [0.4, 0.5) is 5.13 Å². The van der Waals surface area contributed by atoms with Crippen LogP contribution in [-0.4, -0.2) is 44.7 Å². The Morgan fingerprint density at radius 3 is 2.63 bits per heavy atom. The summed E-state index contributed by atoms with van der Waals surface area (Å²) in [6.07, 6.45) is 0. The molecule has 0 spiro atoms. The fourth-order valence-electron chi connectivity index (χ4n) is 2.63. The van der Waals surface area contributed by atoms with E-state index in [0.717, 1.165) is 22.5 Å². The third-order valence-corrected chi connectivity index (χ3v) is 5.36. The number of benzene rings is 2. The highest BCUT2D eigenvalue weighted by atomic mass is 35.5. The Bertz CT molecular complexity index is 925. The molecule has 3 rings (SSSR count). The number of halogens is 1. The largest absolute Gasteiger partial charge is 0.494 e. The molecule has 7 heteroatoms. The average molecular weight is 405 g/mol. The lowest BCUT2D eigenvalue weighted by Crippen LogP contribution is -3.06. The normalized spacial score (nSPS) is 11.1. The second-order valence-electron chi connectivity index (χ2n) is 6.48. The number of ether oxygens (including phenoxy) is 1. The molecule has 1 N–H and O–H groups in total. The summed E-state index contributed by atoms with van der Waals surface area (Å²) in [7, 11) is 4.13. The average Bonchev–Trinajstić information content (AvgIpc) is 3.05. The lowest BCUT2D eigenvalue weighted by atomic mass is 10.2. The highest BCUT2D eigenvalue weighted by Crippen LogP contribution is 2.32. The number of nitrogens with one attached hydrogen (secondary N) is 1. The first-order chi connectivity index (χ1) is 13.0. The second-order valence-corrected chi connectivity index (χ2v) is 7.93. The highest BCUT2D eigenvalue weighted by Gasteiger charge is 2.22. The standard InChI is InChI=1S/C20H22ClN3O2S/c1-4-26-16-9-10-17-18(13-16)27-20(22-17)24(12-11-23(2)3)19(25)14-5-7-15(21)8-6-14/h5-10,13H,4,11-12H2,1-3H3/p+1. The predicted octanol–water partition coefficient (Wildman–Crippen LogP) is 3.14. The number of aromatic nitrogens is 1. The number of fused-ring (bicyclic) bond motifs is 1. The van der Waals surface area contributed by atoms with Crippen molar-refractivity contribution in [2.45, 2.75) is 6.92 Å². The maximum Gasteiger partial charge on any atom is 0.260 e. The number of hydrogen-bond acceptors (Lipinski definition) is 4. The Kier molecular flexibility index (Phi) is 6.31. The minimum atomic E-state index is -0.0722. The van der Waals surface area contributed by atoms with Gasteiger partial charge in [0, 0.05) is 10.6 Å². The Balaban J connectivity index is 1.95. The third-order valence-electron chi connectivity index (χ3n) is 4.06. The van der Waals surface area contributed by atoms with Gasteiger partial charge in [0.2, 0.25) is 0 Å². The monoisotopic (exact) mass is 404 g/mol. The van der Waals surface area contributed by atoms with Crippen LogP contribution in [0.5, 0.6) is 5.75 Å². The first kappa shape index (κ1) is 19.6. The second kappa shape index (κ2) is 8.69. The van der Waals surface area contributed by atoms with Crippen molar-refractivity contribution in [3.05, 3.63) is 53.1 Å². The fraction of sp³-hybridized carbons (Fsp3) is 0.300. The van der Waals surface area contributed by atoms with Crippen LogP contribution in [0.25, 0.3) is 10.2 Å². The van der Waals surface area contributed by atoms with Crippen molar-refractivity contribution in [1.82, 2.24) is 4.98 Å². The summed E-state index contributed by atoms with van der Waals surface area (Å²) in [6.45, 7) is 3.98. The van der Waals surface area contributed by atoms with Crippen LogP contribution in [0, 0.1) is 0 Å². The number of carbonyl (C=O) groups excluding carboxylic acids is 1. The summed E-state index contributed by atoms with van der Waals surface area (Å²) in [5, 5.41) is 1.30. The lowest BCUT2D eigenvalue weighted by Gasteiger charge is -2.20. The van der Waals surface area contributed by atoms with Gasteiger partial charge in [-0.15, -0.1) is 0 Å². The molecule has 3 aromatic rings. The Labute approximate surface area is 168 Å². The smallest absolute Gasteiger partial charge is 0.260 e. The van der Waals surface area contributed by atoms with Gasteiger partial charge < -0.3 is 9.64 Å². The quantitative estimate of drug-likeness (QED) is 0.658. The zero-order valence-corrected chi connectivity index (χ0v) is 17.2. The minimum Gasteiger partial charge on any atom is -0.494 e. The summed E-state index contributed by atoms with van der Waals surface area (Å²) in [6, 6.07) is 12.8. The Hall–Kier alpha value is -2.15. The van der Waals surface area contributed by atoms with Crippen molar-refractivity contribution >= 4 is 44.2 Å². The first-order valence-corrected chi connectivity index (χ1v) is 10.1. The molecular weight excluding hydrogens is 382 g/mol. The molecule has 1 amide bonds. The van der Waals surface area contributed by atoms with Crippen LogP contribution in [0.3, 0.4) is 0 Å². The van der Waals surface area contributed by atoms with Crippen LogP contribution < -0.4 is 14.5 Å². The van der Waals surface area contributed by atoms with E-state index in [9.17, 15) is 4.79 Å². The van der Waals surface area contributed by atoms with Gasteiger partial charge in [0.05, 0.1) is 44.0 Å². The van der Waals surface area contributed by atoms with E-state index in [1.807, 2.05) is 25.1 Å². The van der Waals surface area contributed by atoms with E-state index in [0.29, 0.717) is 28.9 Å². The molecule has 0 atom stereocenters. The zero-order chi connectivity index (χ0) is 19.4. The van der Waals surface area contributed by atoms with Gasteiger partial charge >= 0.3 is 0 Å². The predicted molar refractivity (Wildman–Crippen MR) is 112 cm³/mol. The van der Waals surface area contributed by atoms with Crippen molar-refractivity contribution in [2.75, 3.05) is 38.7 Å². The number of anilines is 1. The van der Waals surface area contributed by atoms with Gasteiger partial charge in [0.15, 0.2) is 5.13 Å². The van der Waals surface area contributed by atoms with Gasteiger partial charge in [-0.05, 0) is 49.4 Å². The van der Waals surface area contributed by atoms with Crippen LogP contribution in [0.2, 0.25) is 5.02 Å². The van der Waals surface area contributed by atoms with Gasteiger partial charge in [-0.25, -0.2) is 4.98 Å². The van der Waals surface area contributed by atoms with E-state index in [2.05, 4.69) is 19.1 Å². The van der Waals surface area contributed by atoms with E-state index in [-0.39, 0.29) is 5.91 Å². The summed E-state index contributed by atoms with van der Waals surface area (Å²) < 4.78 is 6.58. The molecule has 0 aliphatic heterocycles. The molecule has 0 saturated heterocycles. The first-order valence-electron chi connectivity index (χ1n) is 8.87. The van der Waals surface area contributed by atoms with E-state index in [4.69, 9.17) is 16.3 Å². The fourth-order valence-corrected chi connectivity index (χ4v) is 3.78. The zero-order valence-electron chi connectivity index (χ0n) is 15.7. The summed E-state index contributed by atoms with van der Waals surface area (Å²) in [5.41, 5.74) is 1.46. The SMILES string of the molecule is CCOc1ccc2nc(N(CC[NH+](C)C)C(=O)c3ccc(Cl)cc3)sc2c1. The van der Waals surface area contributed by atoms with Gasteiger partial charge in [-0.3, -0.25) is 9.69 Å². The number of likely N-dealkylation sites (N-methyl/N-ethyl adjacent to an activating group) is 1. The highest BCUT2D eigenvalue weighted by molar-refractivity contribution is 7.22. The van der Waals surface area contributed by atoms with Crippen LogP contribution in [-0.2, 0) is 0 Å². The number of carbonyl (C=O) groups is 1. The van der Waals surface area contributed by atoms with Crippen LogP contribution >= 0.6 is 22.9 Å². The van der Waals surface area contributed by atoms with Crippen LogP contribution in [0.1, 0.15) is 17.3 Å². The van der Waals surface area contributed by atoms with E-state index < -0.39 is 0 Å². The summed E-state index contributed by atoms with van der Waals surface area (Å²) in [4.78, 5) is 20.8. The molecule has 1 heterocycles. The number of thiazole rings is 1. The molecule has 1 aromatic heterocycles. The van der Waals surface area contributed by atoms with Gasteiger partial charge in [0.25, 0.3) is 5.91 Å². The number of amides is 1. The Morgan fingerprint density at radius 1 is 1.22 bits per heavy atom. The molecule has 5 nitrogen and oxygen atoms in total. The summed E-state index contributed by atoms with van der Waals surface area (Å²) >= 11 is 7.46. The van der Waals surface area contributed by atoms with Crippen LogP contribution in [0.15, 0.2) is 42.5 Å². The van der Waals surface area contributed by atoms with E-state index in [1.54, 1.807) is 29.2 Å². The van der Waals surface area contributed by atoms with Gasteiger partial charge in [-0.2, -0.15) is 0 Å². The molecule has 0 aliphatic rings.